The van der Waals surface area contributed by atoms with Crippen LogP contribution < -0.4 is 5.32 Å². The molecule has 0 radical (unpaired) electrons. The molecule has 0 aliphatic carbocycles. The zero-order valence-electron chi connectivity index (χ0n) is 12.0. The first kappa shape index (κ1) is 15.2. The van der Waals surface area contributed by atoms with E-state index >= 15 is 0 Å². The van der Waals surface area contributed by atoms with Gasteiger partial charge < -0.3 is 5.32 Å². The minimum Gasteiger partial charge on any atom is -0.316 e. The van der Waals surface area contributed by atoms with Crippen molar-refractivity contribution in [3.05, 3.63) is 35.6 Å². The molecule has 1 rings (SSSR count). The van der Waals surface area contributed by atoms with Crippen molar-refractivity contribution in [2.45, 2.75) is 40.0 Å². The lowest BCUT2D eigenvalue weighted by atomic mass is 9.85. The zero-order valence-corrected chi connectivity index (χ0v) is 12.0. The van der Waals surface area contributed by atoms with E-state index in [4.69, 9.17) is 0 Å². The van der Waals surface area contributed by atoms with Crippen LogP contribution in [0, 0.1) is 17.7 Å². The molecule has 0 aliphatic heterocycles. The van der Waals surface area contributed by atoms with Crippen LogP contribution in [0.2, 0.25) is 0 Å². The van der Waals surface area contributed by atoms with Crippen LogP contribution in [0.5, 0.6) is 0 Å². The van der Waals surface area contributed by atoms with E-state index in [1.165, 1.54) is 5.56 Å². The average Bonchev–Trinajstić information content (AvgIpc) is 2.35. The van der Waals surface area contributed by atoms with Gasteiger partial charge in [-0.25, -0.2) is 4.39 Å². The lowest BCUT2D eigenvalue weighted by Crippen LogP contribution is -2.28. The third kappa shape index (κ3) is 4.77. The van der Waals surface area contributed by atoms with Gasteiger partial charge in [0, 0.05) is 6.54 Å². The van der Waals surface area contributed by atoms with Crippen LogP contribution in [0.3, 0.4) is 0 Å². The van der Waals surface area contributed by atoms with E-state index < -0.39 is 0 Å². The van der Waals surface area contributed by atoms with Crippen LogP contribution >= 0.6 is 0 Å². The highest BCUT2D eigenvalue weighted by molar-refractivity contribution is 5.21. The van der Waals surface area contributed by atoms with E-state index in [2.05, 4.69) is 33.0 Å². The molecule has 1 N–H and O–H groups in total. The predicted octanol–water partition coefficient (Wildman–Crippen LogP) is 4.20. The molecule has 1 aromatic carbocycles. The van der Waals surface area contributed by atoms with Gasteiger partial charge in [-0.3, -0.25) is 0 Å². The Morgan fingerprint density at radius 2 is 1.67 bits per heavy atom. The number of hydrogen-bond acceptors (Lipinski definition) is 1. The Kier molecular flexibility index (Phi) is 6.34. The van der Waals surface area contributed by atoms with Crippen LogP contribution in [0.25, 0.3) is 0 Å². The topological polar surface area (TPSA) is 12.0 Å². The maximum Gasteiger partial charge on any atom is 0.123 e. The van der Waals surface area contributed by atoms with Crippen molar-refractivity contribution in [1.82, 2.24) is 5.32 Å². The first-order valence-corrected chi connectivity index (χ1v) is 7.00. The second kappa shape index (κ2) is 7.52. The number of nitrogens with one attached hydrogen (secondary N) is 1. The molecule has 0 spiro atoms. The molecule has 0 saturated heterocycles. The van der Waals surface area contributed by atoms with E-state index in [1.54, 1.807) is 12.1 Å². The summed E-state index contributed by atoms with van der Waals surface area (Å²) < 4.78 is 13.0. The number of halogens is 1. The summed E-state index contributed by atoms with van der Waals surface area (Å²) in [6, 6.07) is 6.97. The summed E-state index contributed by atoms with van der Waals surface area (Å²) in [6.45, 7) is 10.9. The van der Waals surface area contributed by atoms with Crippen LogP contribution in [-0.2, 0) is 0 Å². The van der Waals surface area contributed by atoms with Crippen LogP contribution in [0.1, 0.15) is 45.6 Å². The van der Waals surface area contributed by atoms with E-state index in [1.807, 2.05) is 12.1 Å². The highest BCUT2D eigenvalue weighted by Crippen LogP contribution is 2.26. The summed E-state index contributed by atoms with van der Waals surface area (Å²) in [4.78, 5) is 0. The standard InChI is InChI=1S/C16H26FN/c1-5-13(4)16(11-18-10-12(2)3)14-6-8-15(17)9-7-14/h6-9,12-13,16,18H,5,10-11H2,1-4H3. The van der Waals surface area contributed by atoms with Crippen molar-refractivity contribution in [2.24, 2.45) is 11.8 Å². The Morgan fingerprint density at radius 3 is 2.17 bits per heavy atom. The summed E-state index contributed by atoms with van der Waals surface area (Å²) >= 11 is 0. The minimum absolute atomic E-state index is 0.156. The Hall–Kier alpha value is -0.890. The molecule has 0 bridgehead atoms. The van der Waals surface area contributed by atoms with Crippen molar-refractivity contribution < 1.29 is 4.39 Å². The molecule has 0 fully saturated rings. The monoisotopic (exact) mass is 251 g/mol. The number of benzene rings is 1. The average molecular weight is 251 g/mol. The fourth-order valence-electron chi connectivity index (χ4n) is 2.17. The molecule has 2 unspecified atom stereocenters. The third-order valence-electron chi connectivity index (χ3n) is 3.55. The lowest BCUT2D eigenvalue weighted by molar-refractivity contribution is 0.408. The van der Waals surface area contributed by atoms with Crippen molar-refractivity contribution >= 4 is 0 Å². The Morgan fingerprint density at radius 1 is 1.06 bits per heavy atom. The van der Waals surface area contributed by atoms with Gasteiger partial charge in [0.15, 0.2) is 0 Å². The Bertz CT molecular complexity index is 331. The van der Waals surface area contributed by atoms with E-state index in [-0.39, 0.29) is 5.82 Å². The first-order chi connectivity index (χ1) is 8.54. The van der Waals surface area contributed by atoms with Gasteiger partial charge in [0.2, 0.25) is 0 Å². The van der Waals surface area contributed by atoms with Gasteiger partial charge in [-0.05, 0) is 42.0 Å². The van der Waals surface area contributed by atoms with Crippen LogP contribution in [0.15, 0.2) is 24.3 Å². The molecule has 0 heterocycles. The molecule has 0 amide bonds. The Labute approximate surface area is 111 Å². The maximum atomic E-state index is 13.0. The van der Waals surface area contributed by atoms with Gasteiger partial charge in [-0.15, -0.1) is 0 Å². The summed E-state index contributed by atoms with van der Waals surface area (Å²) in [6.07, 6.45) is 1.14. The second-order valence-electron chi connectivity index (χ2n) is 5.60. The molecule has 2 heteroatoms. The predicted molar refractivity (Wildman–Crippen MR) is 76.3 cm³/mol. The Balaban J connectivity index is 2.68. The van der Waals surface area contributed by atoms with Gasteiger partial charge in [0.05, 0.1) is 0 Å². The van der Waals surface area contributed by atoms with Gasteiger partial charge >= 0.3 is 0 Å². The van der Waals surface area contributed by atoms with E-state index in [0.29, 0.717) is 17.8 Å². The highest BCUT2D eigenvalue weighted by Gasteiger charge is 2.17. The van der Waals surface area contributed by atoms with Crippen molar-refractivity contribution in [2.75, 3.05) is 13.1 Å². The molecule has 2 atom stereocenters. The van der Waals surface area contributed by atoms with Crippen molar-refractivity contribution in [3.8, 4) is 0 Å². The number of hydrogen-bond donors (Lipinski definition) is 1. The van der Waals surface area contributed by atoms with E-state index in [9.17, 15) is 4.39 Å². The molecule has 102 valence electrons. The molecule has 0 aromatic heterocycles. The molecule has 0 aliphatic rings. The summed E-state index contributed by atoms with van der Waals surface area (Å²) in [5.41, 5.74) is 1.24. The number of rotatable bonds is 7. The first-order valence-electron chi connectivity index (χ1n) is 7.00. The maximum absolute atomic E-state index is 13.0. The smallest absolute Gasteiger partial charge is 0.123 e. The zero-order chi connectivity index (χ0) is 13.5. The lowest BCUT2D eigenvalue weighted by Gasteiger charge is -2.24. The van der Waals surface area contributed by atoms with Crippen molar-refractivity contribution in [1.29, 1.82) is 0 Å². The van der Waals surface area contributed by atoms with E-state index in [0.717, 1.165) is 19.5 Å². The molecular formula is C16H26FN. The molecular weight excluding hydrogens is 225 g/mol. The summed E-state index contributed by atoms with van der Waals surface area (Å²) in [7, 11) is 0. The van der Waals surface area contributed by atoms with Gasteiger partial charge in [-0.2, -0.15) is 0 Å². The van der Waals surface area contributed by atoms with Gasteiger partial charge in [0.1, 0.15) is 5.82 Å². The summed E-state index contributed by atoms with van der Waals surface area (Å²) in [5.74, 6) is 1.58. The largest absolute Gasteiger partial charge is 0.316 e. The molecule has 1 nitrogen and oxygen atoms in total. The van der Waals surface area contributed by atoms with Gasteiger partial charge in [-0.1, -0.05) is 46.2 Å². The fraction of sp³-hybridized carbons (Fsp3) is 0.625. The summed E-state index contributed by atoms with van der Waals surface area (Å²) in [5, 5.41) is 3.52. The quantitative estimate of drug-likeness (QED) is 0.765. The minimum atomic E-state index is -0.156. The van der Waals surface area contributed by atoms with Crippen LogP contribution in [-0.4, -0.2) is 13.1 Å². The third-order valence-corrected chi connectivity index (χ3v) is 3.55. The normalized spacial score (nSPS) is 14.8. The highest BCUT2D eigenvalue weighted by atomic mass is 19.1. The fourth-order valence-corrected chi connectivity index (χ4v) is 2.17. The van der Waals surface area contributed by atoms with Crippen LogP contribution in [0.4, 0.5) is 4.39 Å². The SMILES string of the molecule is CCC(C)C(CNCC(C)C)c1ccc(F)cc1. The van der Waals surface area contributed by atoms with Gasteiger partial charge in [0.25, 0.3) is 0 Å². The molecule has 0 saturated carbocycles. The van der Waals surface area contributed by atoms with Crippen molar-refractivity contribution in [3.63, 3.8) is 0 Å². The molecule has 18 heavy (non-hydrogen) atoms. The second-order valence-corrected chi connectivity index (χ2v) is 5.60. The molecule has 1 aromatic rings.